The highest BCUT2D eigenvalue weighted by molar-refractivity contribution is 5.86. The molecule has 1 fully saturated rings. The monoisotopic (exact) mass is 340 g/mol. The Morgan fingerprint density at radius 3 is 2.76 bits per heavy atom. The highest BCUT2D eigenvalue weighted by Gasteiger charge is 2.32. The van der Waals surface area contributed by atoms with Crippen molar-refractivity contribution in [1.29, 1.82) is 0 Å². The molecule has 1 aliphatic heterocycles. The van der Waals surface area contributed by atoms with Crippen molar-refractivity contribution in [3.63, 3.8) is 0 Å². The minimum absolute atomic E-state index is 0.00304. The Morgan fingerprint density at radius 1 is 1.28 bits per heavy atom. The molecule has 0 saturated carbocycles. The minimum atomic E-state index is -0.00304. The first-order valence-corrected chi connectivity index (χ1v) is 8.75. The molecule has 132 valence electrons. The van der Waals surface area contributed by atoms with Crippen LogP contribution in [0.5, 0.6) is 0 Å². The molecule has 0 spiro atoms. The summed E-state index contributed by atoms with van der Waals surface area (Å²) in [6, 6.07) is 11.9. The zero-order valence-electron chi connectivity index (χ0n) is 14.5. The van der Waals surface area contributed by atoms with Gasteiger partial charge in [0, 0.05) is 44.4 Å². The van der Waals surface area contributed by atoms with Gasteiger partial charge in [0.1, 0.15) is 0 Å². The van der Waals surface area contributed by atoms with E-state index in [1.54, 1.807) is 16.0 Å². The SMILES string of the molecule is CCN(CCn1cccn1)C(=O)CN1C[C@H](c2ccccc2)CC1=O. The molecule has 1 aromatic heterocycles. The van der Waals surface area contributed by atoms with Gasteiger partial charge < -0.3 is 9.80 Å². The van der Waals surface area contributed by atoms with Crippen LogP contribution in [-0.2, 0) is 16.1 Å². The van der Waals surface area contributed by atoms with Crippen LogP contribution in [0.15, 0.2) is 48.8 Å². The number of benzene rings is 1. The molecular weight excluding hydrogens is 316 g/mol. The highest BCUT2D eigenvalue weighted by Crippen LogP contribution is 2.27. The van der Waals surface area contributed by atoms with Gasteiger partial charge in [-0.3, -0.25) is 14.3 Å². The molecule has 25 heavy (non-hydrogen) atoms. The van der Waals surface area contributed by atoms with E-state index in [4.69, 9.17) is 0 Å². The Hall–Kier alpha value is -2.63. The lowest BCUT2D eigenvalue weighted by molar-refractivity contribution is -0.138. The van der Waals surface area contributed by atoms with Gasteiger partial charge in [-0.1, -0.05) is 30.3 Å². The van der Waals surface area contributed by atoms with Gasteiger partial charge in [-0.15, -0.1) is 0 Å². The van der Waals surface area contributed by atoms with Gasteiger partial charge >= 0.3 is 0 Å². The number of carbonyl (C=O) groups is 2. The van der Waals surface area contributed by atoms with Crippen LogP contribution >= 0.6 is 0 Å². The molecule has 3 rings (SSSR count). The number of hydrogen-bond acceptors (Lipinski definition) is 3. The quantitative estimate of drug-likeness (QED) is 0.771. The van der Waals surface area contributed by atoms with Gasteiger partial charge in [-0.05, 0) is 18.6 Å². The van der Waals surface area contributed by atoms with E-state index in [0.717, 1.165) is 5.56 Å². The number of likely N-dealkylation sites (tertiary alicyclic amines) is 1. The standard InChI is InChI=1S/C19H24N4O2/c1-2-21(11-12-23-10-6-9-20-23)19(25)15-22-14-17(13-18(22)24)16-7-4-3-5-8-16/h3-10,17H,2,11-15H2,1H3/t17-/m1/s1. The predicted molar refractivity (Wildman–Crippen MR) is 94.9 cm³/mol. The Bertz CT molecular complexity index is 699. The third-order valence-corrected chi connectivity index (χ3v) is 4.70. The van der Waals surface area contributed by atoms with Gasteiger partial charge in [-0.25, -0.2) is 0 Å². The summed E-state index contributed by atoms with van der Waals surface area (Å²) < 4.78 is 1.81. The number of likely N-dealkylation sites (N-methyl/N-ethyl adjacent to an activating group) is 1. The van der Waals surface area contributed by atoms with E-state index in [1.807, 2.05) is 54.2 Å². The number of nitrogens with zero attached hydrogens (tertiary/aromatic N) is 4. The van der Waals surface area contributed by atoms with Crippen molar-refractivity contribution < 1.29 is 9.59 Å². The van der Waals surface area contributed by atoms with Crippen LogP contribution in [0.3, 0.4) is 0 Å². The van der Waals surface area contributed by atoms with Crippen LogP contribution in [0, 0.1) is 0 Å². The number of amides is 2. The van der Waals surface area contributed by atoms with Crippen molar-refractivity contribution in [3.8, 4) is 0 Å². The van der Waals surface area contributed by atoms with E-state index in [-0.39, 0.29) is 24.3 Å². The normalized spacial score (nSPS) is 17.1. The Kier molecular flexibility index (Phi) is 5.48. The summed E-state index contributed by atoms with van der Waals surface area (Å²) in [7, 11) is 0. The smallest absolute Gasteiger partial charge is 0.242 e. The first kappa shape index (κ1) is 17.2. The Labute approximate surface area is 148 Å². The molecule has 2 amide bonds. The largest absolute Gasteiger partial charge is 0.340 e. The highest BCUT2D eigenvalue weighted by atomic mass is 16.2. The topological polar surface area (TPSA) is 58.4 Å². The summed E-state index contributed by atoms with van der Waals surface area (Å²) in [6.07, 6.45) is 4.09. The molecule has 0 aliphatic carbocycles. The van der Waals surface area contributed by atoms with Crippen LogP contribution in [0.1, 0.15) is 24.8 Å². The van der Waals surface area contributed by atoms with Crippen molar-refractivity contribution >= 4 is 11.8 Å². The maximum atomic E-state index is 12.6. The van der Waals surface area contributed by atoms with Crippen LogP contribution in [-0.4, -0.2) is 57.6 Å². The lowest BCUT2D eigenvalue weighted by atomic mass is 9.99. The Balaban J connectivity index is 1.55. The van der Waals surface area contributed by atoms with Gasteiger partial charge in [0.25, 0.3) is 0 Å². The van der Waals surface area contributed by atoms with E-state index in [2.05, 4.69) is 5.10 Å². The molecule has 0 radical (unpaired) electrons. The lowest BCUT2D eigenvalue weighted by Crippen LogP contribution is -2.42. The zero-order chi connectivity index (χ0) is 17.6. The first-order valence-electron chi connectivity index (χ1n) is 8.75. The molecule has 6 nitrogen and oxygen atoms in total. The second-order valence-corrected chi connectivity index (χ2v) is 6.33. The zero-order valence-corrected chi connectivity index (χ0v) is 14.5. The molecule has 0 unspecified atom stereocenters. The molecule has 1 atom stereocenters. The van der Waals surface area contributed by atoms with E-state index in [1.165, 1.54) is 0 Å². The molecule has 1 saturated heterocycles. The molecule has 1 aliphatic rings. The summed E-state index contributed by atoms with van der Waals surface area (Å²) in [5.41, 5.74) is 1.16. The second kappa shape index (κ2) is 7.96. The van der Waals surface area contributed by atoms with Crippen molar-refractivity contribution in [3.05, 3.63) is 54.4 Å². The number of aromatic nitrogens is 2. The van der Waals surface area contributed by atoms with Gasteiger partial charge in [0.15, 0.2) is 0 Å². The van der Waals surface area contributed by atoms with Crippen molar-refractivity contribution in [2.45, 2.75) is 25.8 Å². The van der Waals surface area contributed by atoms with Gasteiger partial charge in [0.2, 0.25) is 11.8 Å². The van der Waals surface area contributed by atoms with E-state index < -0.39 is 0 Å². The number of rotatable bonds is 7. The van der Waals surface area contributed by atoms with Crippen molar-refractivity contribution in [1.82, 2.24) is 19.6 Å². The lowest BCUT2D eigenvalue weighted by Gasteiger charge is -2.24. The molecule has 2 heterocycles. The van der Waals surface area contributed by atoms with Crippen LogP contribution in [0.4, 0.5) is 0 Å². The van der Waals surface area contributed by atoms with E-state index in [0.29, 0.717) is 32.6 Å². The molecule has 0 bridgehead atoms. The Morgan fingerprint density at radius 2 is 2.08 bits per heavy atom. The average molecular weight is 340 g/mol. The third-order valence-electron chi connectivity index (χ3n) is 4.70. The maximum Gasteiger partial charge on any atom is 0.242 e. The fraction of sp³-hybridized carbons (Fsp3) is 0.421. The molecule has 1 aromatic carbocycles. The van der Waals surface area contributed by atoms with Crippen molar-refractivity contribution in [2.75, 3.05) is 26.2 Å². The summed E-state index contributed by atoms with van der Waals surface area (Å²) in [5.74, 6) is 0.239. The summed E-state index contributed by atoms with van der Waals surface area (Å²) in [5, 5.41) is 4.15. The maximum absolute atomic E-state index is 12.6. The van der Waals surface area contributed by atoms with Gasteiger partial charge in [0.05, 0.1) is 13.1 Å². The minimum Gasteiger partial charge on any atom is -0.340 e. The molecule has 0 N–H and O–H groups in total. The molecular formula is C19H24N4O2. The number of carbonyl (C=O) groups excluding carboxylic acids is 2. The van der Waals surface area contributed by atoms with E-state index in [9.17, 15) is 9.59 Å². The number of hydrogen-bond donors (Lipinski definition) is 0. The van der Waals surface area contributed by atoms with Gasteiger partial charge in [-0.2, -0.15) is 5.10 Å². The molecule has 6 heteroatoms. The third kappa shape index (κ3) is 4.26. The van der Waals surface area contributed by atoms with Crippen LogP contribution in [0.2, 0.25) is 0 Å². The van der Waals surface area contributed by atoms with E-state index >= 15 is 0 Å². The first-order chi connectivity index (χ1) is 12.2. The summed E-state index contributed by atoms with van der Waals surface area (Å²) in [6.45, 7) is 4.62. The predicted octanol–water partition coefficient (Wildman–Crippen LogP) is 1.75. The average Bonchev–Trinajstić information content (AvgIpc) is 3.27. The van der Waals surface area contributed by atoms with Crippen molar-refractivity contribution in [2.24, 2.45) is 0 Å². The molecule has 2 aromatic rings. The second-order valence-electron chi connectivity index (χ2n) is 6.33. The summed E-state index contributed by atoms with van der Waals surface area (Å²) in [4.78, 5) is 28.3. The fourth-order valence-electron chi connectivity index (χ4n) is 3.25. The fourth-order valence-corrected chi connectivity index (χ4v) is 3.25. The summed E-state index contributed by atoms with van der Waals surface area (Å²) >= 11 is 0. The van der Waals surface area contributed by atoms with Crippen LogP contribution in [0.25, 0.3) is 0 Å². The van der Waals surface area contributed by atoms with Crippen LogP contribution < -0.4 is 0 Å².